The first kappa shape index (κ1) is 9.64. The van der Waals surface area contributed by atoms with Gasteiger partial charge in [-0.2, -0.15) is 0 Å². The van der Waals surface area contributed by atoms with Crippen molar-refractivity contribution in [3.8, 4) is 0 Å². The number of esters is 1. The zero-order valence-corrected chi connectivity index (χ0v) is 7.56. The van der Waals surface area contributed by atoms with Gasteiger partial charge in [-0.1, -0.05) is 13.3 Å². The van der Waals surface area contributed by atoms with Crippen LogP contribution in [0.5, 0.6) is 0 Å². The van der Waals surface area contributed by atoms with Gasteiger partial charge in [0, 0.05) is 6.20 Å². The van der Waals surface area contributed by atoms with E-state index >= 15 is 0 Å². The monoisotopic (exact) mass is 180 g/mol. The van der Waals surface area contributed by atoms with Crippen molar-refractivity contribution in [1.29, 1.82) is 0 Å². The normalized spacial score (nSPS) is 9.62. The highest BCUT2D eigenvalue weighted by atomic mass is 16.5. The molecule has 70 valence electrons. The van der Waals surface area contributed by atoms with Gasteiger partial charge >= 0.3 is 5.97 Å². The fraction of sp³-hybridized carbons (Fsp3) is 0.444. The maximum absolute atomic E-state index is 11.2. The van der Waals surface area contributed by atoms with E-state index < -0.39 is 0 Å². The molecule has 4 nitrogen and oxygen atoms in total. The molecule has 0 radical (unpaired) electrons. The minimum Gasteiger partial charge on any atom is -0.461 e. The summed E-state index contributed by atoms with van der Waals surface area (Å²) in [6.45, 7) is 2.50. The summed E-state index contributed by atoms with van der Waals surface area (Å²) >= 11 is 0. The van der Waals surface area contributed by atoms with Crippen molar-refractivity contribution >= 4 is 5.97 Å². The molecule has 0 N–H and O–H groups in total. The Hall–Kier alpha value is -1.45. The molecule has 0 aliphatic heterocycles. The number of ether oxygens (including phenoxy) is 1. The second-order valence-electron chi connectivity index (χ2n) is 2.58. The van der Waals surface area contributed by atoms with Gasteiger partial charge in [-0.05, 0) is 12.5 Å². The molecule has 4 heteroatoms. The molecule has 1 aromatic rings. The highest BCUT2D eigenvalue weighted by Gasteiger charge is 2.06. The number of carbonyl (C=O) groups is 1. The SMILES string of the molecule is CCCCOC(=O)c1ccncn1. The summed E-state index contributed by atoms with van der Waals surface area (Å²) in [7, 11) is 0. The third-order valence-corrected chi connectivity index (χ3v) is 1.52. The molecule has 0 aliphatic carbocycles. The Labute approximate surface area is 77.0 Å². The van der Waals surface area contributed by atoms with Crippen molar-refractivity contribution in [2.75, 3.05) is 6.61 Å². The lowest BCUT2D eigenvalue weighted by molar-refractivity contribution is 0.0492. The van der Waals surface area contributed by atoms with Gasteiger partial charge in [-0.15, -0.1) is 0 Å². The Morgan fingerprint density at radius 3 is 3.08 bits per heavy atom. The number of hydrogen-bond donors (Lipinski definition) is 0. The first-order valence-corrected chi connectivity index (χ1v) is 4.27. The van der Waals surface area contributed by atoms with E-state index in [9.17, 15) is 4.79 Å². The molecule has 0 atom stereocenters. The van der Waals surface area contributed by atoms with Gasteiger partial charge in [-0.25, -0.2) is 14.8 Å². The van der Waals surface area contributed by atoms with Gasteiger partial charge in [-0.3, -0.25) is 0 Å². The van der Waals surface area contributed by atoms with Crippen molar-refractivity contribution < 1.29 is 9.53 Å². The Morgan fingerprint density at radius 2 is 2.46 bits per heavy atom. The molecular formula is C9H12N2O2. The van der Waals surface area contributed by atoms with Crippen molar-refractivity contribution in [3.63, 3.8) is 0 Å². The predicted molar refractivity (Wildman–Crippen MR) is 47.2 cm³/mol. The van der Waals surface area contributed by atoms with Crippen LogP contribution in [-0.2, 0) is 4.74 Å². The third kappa shape index (κ3) is 3.19. The van der Waals surface area contributed by atoms with Crippen LogP contribution >= 0.6 is 0 Å². The molecule has 0 fully saturated rings. The van der Waals surface area contributed by atoms with E-state index in [0.717, 1.165) is 12.8 Å². The molecule has 0 aliphatic rings. The average Bonchev–Trinajstić information content (AvgIpc) is 2.19. The predicted octanol–water partition coefficient (Wildman–Crippen LogP) is 1.43. The van der Waals surface area contributed by atoms with Crippen LogP contribution < -0.4 is 0 Å². The van der Waals surface area contributed by atoms with Crippen molar-refractivity contribution in [1.82, 2.24) is 9.97 Å². The summed E-state index contributed by atoms with van der Waals surface area (Å²) < 4.78 is 4.94. The Kier molecular flexibility index (Phi) is 3.88. The molecule has 0 saturated carbocycles. The Bertz CT molecular complexity index is 262. The third-order valence-electron chi connectivity index (χ3n) is 1.52. The van der Waals surface area contributed by atoms with E-state index in [1.54, 1.807) is 0 Å². The van der Waals surface area contributed by atoms with Crippen LogP contribution in [0, 0.1) is 0 Å². The zero-order chi connectivity index (χ0) is 9.52. The van der Waals surface area contributed by atoms with Crippen LogP contribution in [0.4, 0.5) is 0 Å². The highest BCUT2D eigenvalue weighted by Crippen LogP contribution is 1.96. The van der Waals surface area contributed by atoms with Crippen LogP contribution in [0.15, 0.2) is 18.6 Å². The van der Waals surface area contributed by atoms with Gasteiger partial charge < -0.3 is 4.74 Å². The van der Waals surface area contributed by atoms with E-state index in [-0.39, 0.29) is 5.97 Å². The molecule has 0 aromatic carbocycles. The average molecular weight is 180 g/mol. The maximum atomic E-state index is 11.2. The second-order valence-corrected chi connectivity index (χ2v) is 2.58. The molecule has 0 saturated heterocycles. The van der Waals surface area contributed by atoms with Gasteiger partial charge in [0.15, 0.2) is 5.69 Å². The number of aromatic nitrogens is 2. The fourth-order valence-corrected chi connectivity index (χ4v) is 0.795. The minimum atomic E-state index is -0.379. The minimum absolute atomic E-state index is 0.311. The van der Waals surface area contributed by atoms with E-state index in [4.69, 9.17) is 4.74 Å². The molecular weight excluding hydrogens is 168 g/mol. The molecule has 0 amide bonds. The summed E-state index contributed by atoms with van der Waals surface area (Å²) in [6.07, 6.45) is 4.74. The fourth-order valence-electron chi connectivity index (χ4n) is 0.795. The smallest absolute Gasteiger partial charge is 0.357 e. The van der Waals surface area contributed by atoms with Gasteiger partial charge in [0.05, 0.1) is 6.61 Å². The van der Waals surface area contributed by atoms with Crippen LogP contribution in [0.25, 0.3) is 0 Å². The van der Waals surface area contributed by atoms with E-state index in [1.165, 1.54) is 18.6 Å². The number of nitrogens with zero attached hydrogens (tertiary/aromatic N) is 2. The topological polar surface area (TPSA) is 52.1 Å². The second kappa shape index (κ2) is 5.24. The van der Waals surface area contributed by atoms with Gasteiger partial charge in [0.25, 0.3) is 0 Å². The molecule has 1 aromatic heterocycles. The number of hydrogen-bond acceptors (Lipinski definition) is 4. The van der Waals surface area contributed by atoms with Gasteiger partial charge in [0.2, 0.25) is 0 Å². The first-order valence-electron chi connectivity index (χ1n) is 4.27. The lowest BCUT2D eigenvalue weighted by Gasteiger charge is -2.01. The lowest BCUT2D eigenvalue weighted by atomic mass is 10.3. The van der Waals surface area contributed by atoms with Crippen LogP contribution in [0.1, 0.15) is 30.3 Å². The molecule has 13 heavy (non-hydrogen) atoms. The molecule has 0 spiro atoms. The van der Waals surface area contributed by atoms with Gasteiger partial charge in [0.1, 0.15) is 6.33 Å². The standard InChI is InChI=1S/C9H12N2O2/c1-2-3-6-13-9(12)8-4-5-10-7-11-8/h4-5,7H,2-3,6H2,1H3. The van der Waals surface area contributed by atoms with Crippen LogP contribution in [-0.4, -0.2) is 22.5 Å². The molecule has 1 rings (SSSR count). The summed E-state index contributed by atoms with van der Waals surface area (Å²) in [6, 6.07) is 1.54. The number of rotatable bonds is 4. The highest BCUT2D eigenvalue weighted by molar-refractivity contribution is 5.86. The molecule has 0 unspecified atom stereocenters. The Morgan fingerprint density at radius 1 is 1.62 bits per heavy atom. The quantitative estimate of drug-likeness (QED) is 0.519. The van der Waals surface area contributed by atoms with E-state index in [1.807, 2.05) is 6.92 Å². The first-order chi connectivity index (χ1) is 6.34. The van der Waals surface area contributed by atoms with E-state index in [0.29, 0.717) is 12.3 Å². The van der Waals surface area contributed by atoms with Crippen LogP contribution in [0.2, 0.25) is 0 Å². The lowest BCUT2D eigenvalue weighted by Crippen LogP contribution is -2.08. The molecule has 0 bridgehead atoms. The van der Waals surface area contributed by atoms with Crippen molar-refractivity contribution in [3.05, 3.63) is 24.3 Å². The Balaban J connectivity index is 2.40. The maximum Gasteiger partial charge on any atom is 0.357 e. The van der Waals surface area contributed by atoms with E-state index in [2.05, 4.69) is 9.97 Å². The summed E-state index contributed by atoms with van der Waals surface area (Å²) in [5.74, 6) is -0.379. The number of carbonyl (C=O) groups excluding carboxylic acids is 1. The number of unbranched alkanes of at least 4 members (excludes halogenated alkanes) is 1. The van der Waals surface area contributed by atoms with Crippen LogP contribution in [0.3, 0.4) is 0 Å². The largest absolute Gasteiger partial charge is 0.461 e. The summed E-state index contributed by atoms with van der Waals surface area (Å²) in [4.78, 5) is 18.7. The van der Waals surface area contributed by atoms with Crippen molar-refractivity contribution in [2.24, 2.45) is 0 Å². The summed E-state index contributed by atoms with van der Waals surface area (Å²) in [5.41, 5.74) is 0.311. The molecule has 1 heterocycles. The van der Waals surface area contributed by atoms with Crippen molar-refractivity contribution in [2.45, 2.75) is 19.8 Å². The zero-order valence-electron chi connectivity index (χ0n) is 7.56. The summed E-state index contributed by atoms with van der Waals surface area (Å²) in [5, 5.41) is 0.